The highest BCUT2D eigenvalue weighted by Crippen LogP contribution is 2.17. The fourth-order valence-corrected chi connectivity index (χ4v) is 2.78. The number of nitrogens with one attached hydrogen (secondary N) is 1. The number of sulfonamides is 1. The predicted molar refractivity (Wildman–Crippen MR) is 71.6 cm³/mol. The van der Waals surface area contributed by atoms with Gasteiger partial charge in [0.25, 0.3) is 0 Å². The molecule has 0 unspecified atom stereocenters. The van der Waals surface area contributed by atoms with Gasteiger partial charge in [-0.15, -0.1) is 0 Å². The largest absolute Gasteiger partial charge is 0.481 e. The quantitative estimate of drug-likeness (QED) is 0.783. The van der Waals surface area contributed by atoms with Crippen molar-refractivity contribution >= 4 is 31.9 Å². The Bertz CT molecular complexity index is 562. The average Bonchev–Trinajstić information content (AvgIpc) is 2.30. The van der Waals surface area contributed by atoms with E-state index in [1.165, 1.54) is 18.2 Å². The average molecular weight is 354 g/mol. The van der Waals surface area contributed by atoms with Gasteiger partial charge in [0.15, 0.2) is 0 Å². The number of benzene rings is 1. The molecule has 0 radical (unpaired) electrons. The summed E-state index contributed by atoms with van der Waals surface area (Å²) in [6.45, 7) is -0.0479. The molecule has 0 fully saturated rings. The van der Waals surface area contributed by atoms with Crippen molar-refractivity contribution in [1.29, 1.82) is 0 Å². The Morgan fingerprint density at radius 1 is 1.42 bits per heavy atom. The molecule has 0 amide bonds. The highest BCUT2D eigenvalue weighted by Gasteiger charge is 2.12. The van der Waals surface area contributed by atoms with Gasteiger partial charge in [-0.25, -0.2) is 17.5 Å². The Hall–Kier alpha value is -0.990. The van der Waals surface area contributed by atoms with Crippen molar-refractivity contribution in [2.75, 3.05) is 5.75 Å². The molecule has 0 saturated carbocycles. The Labute approximate surface area is 119 Å². The van der Waals surface area contributed by atoms with Crippen LogP contribution in [-0.4, -0.2) is 25.2 Å². The second-order valence-corrected chi connectivity index (χ2v) is 6.65. The molecule has 0 aliphatic heterocycles. The first kappa shape index (κ1) is 16.1. The molecule has 8 heteroatoms. The van der Waals surface area contributed by atoms with Crippen LogP contribution in [-0.2, 0) is 21.4 Å². The zero-order valence-electron chi connectivity index (χ0n) is 9.90. The molecular weight excluding hydrogens is 341 g/mol. The summed E-state index contributed by atoms with van der Waals surface area (Å²) in [5.74, 6) is -1.77. The van der Waals surface area contributed by atoms with E-state index in [1.807, 2.05) is 0 Å². The Balaban J connectivity index is 2.55. The van der Waals surface area contributed by atoms with E-state index in [0.717, 1.165) is 0 Å². The van der Waals surface area contributed by atoms with Crippen LogP contribution in [0.25, 0.3) is 0 Å². The molecule has 2 N–H and O–H groups in total. The number of carboxylic acids is 1. The lowest BCUT2D eigenvalue weighted by Crippen LogP contribution is -2.26. The van der Waals surface area contributed by atoms with Gasteiger partial charge in [-0.2, -0.15) is 0 Å². The lowest BCUT2D eigenvalue weighted by molar-refractivity contribution is -0.137. The highest BCUT2D eigenvalue weighted by atomic mass is 79.9. The molecule has 106 valence electrons. The monoisotopic (exact) mass is 353 g/mol. The third kappa shape index (κ3) is 6.13. The van der Waals surface area contributed by atoms with Crippen molar-refractivity contribution in [2.24, 2.45) is 0 Å². The van der Waals surface area contributed by atoms with Gasteiger partial charge in [0.2, 0.25) is 10.0 Å². The number of halogens is 2. The molecule has 0 atom stereocenters. The lowest BCUT2D eigenvalue weighted by atomic mass is 10.2. The van der Waals surface area contributed by atoms with Crippen LogP contribution >= 0.6 is 15.9 Å². The summed E-state index contributed by atoms with van der Waals surface area (Å²) in [7, 11) is -3.56. The minimum absolute atomic E-state index is 0.0367. The smallest absolute Gasteiger partial charge is 0.303 e. The van der Waals surface area contributed by atoms with E-state index in [9.17, 15) is 17.6 Å². The van der Waals surface area contributed by atoms with Crippen molar-refractivity contribution in [3.05, 3.63) is 34.1 Å². The summed E-state index contributed by atoms with van der Waals surface area (Å²) in [6.07, 6.45) is -0.167. The topological polar surface area (TPSA) is 83.5 Å². The maximum absolute atomic E-state index is 13.0. The molecule has 0 aromatic heterocycles. The van der Waals surface area contributed by atoms with E-state index in [-0.39, 0.29) is 25.1 Å². The molecule has 0 aliphatic carbocycles. The van der Waals surface area contributed by atoms with Gasteiger partial charge >= 0.3 is 5.97 Å². The van der Waals surface area contributed by atoms with E-state index in [1.54, 1.807) is 0 Å². The highest BCUT2D eigenvalue weighted by molar-refractivity contribution is 9.10. The molecule has 1 aromatic carbocycles. The van der Waals surface area contributed by atoms with Crippen LogP contribution in [0.4, 0.5) is 4.39 Å². The summed E-state index contributed by atoms with van der Waals surface area (Å²) < 4.78 is 39.0. The van der Waals surface area contributed by atoms with E-state index >= 15 is 0 Å². The zero-order valence-corrected chi connectivity index (χ0v) is 12.3. The minimum Gasteiger partial charge on any atom is -0.481 e. The van der Waals surface area contributed by atoms with Crippen molar-refractivity contribution < 1.29 is 22.7 Å². The first-order chi connectivity index (χ1) is 8.80. The van der Waals surface area contributed by atoms with Crippen molar-refractivity contribution in [1.82, 2.24) is 4.72 Å². The second kappa shape index (κ2) is 6.97. The third-order valence-corrected chi connectivity index (χ3v) is 4.48. The lowest BCUT2D eigenvalue weighted by Gasteiger charge is -2.08. The number of hydrogen-bond acceptors (Lipinski definition) is 3. The van der Waals surface area contributed by atoms with Gasteiger partial charge in [-0.3, -0.25) is 4.79 Å². The second-order valence-electron chi connectivity index (χ2n) is 3.87. The Morgan fingerprint density at radius 3 is 2.74 bits per heavy atom. The normalized spacial score (nSPS) is 11.5. The predicted octanol–water partition coefficient (Wildman–Crippen LogP) is 1.87. The van der Waals surface area contributed by atoms with Crippen LogP contribution in [0.2, 0.25) is 0 Å². The third-order valence-electron chi connectivity index (χ3n) is 2.29. The maximum atomic E-state index is 13.0. The molecule has 0 bridgehead atoms. The molecule has 19 heavy (non-hydrogen) atoms. The van der Waals surface area contributed by atoms with Crippen molar-refractivity contribution in [2.45, 2.75) is 19.4 Å². The molecule has 5 nitrogen and oxygen atoms in total. The number of aliphatic carboxylic acids is 1. The van der Waals surface area contributed by atoms with Gasteiger partial charge in [-0.1, -0.05) is 15.9 Å². The molecule has 0 aliphatic rings. The van der Waals surface area contributed by atoms with Crippen molar-refractivity contribution in [3.63, 3.8) is 0 Å². The summed E-state index contributed by atoms with van der Waals surface area (Å²) >= 11 is 3.19. The van der Waals surface area contributed by atoms with E-state index in [4.69, 9.17) is 5.11 Å². The van der Waals surface area contributed by atoms with Gasteiger partial charge < -0.3 is 5.11 Å². The van der Waals surface area contributed by atoms with Crippen LogP contribution < -0.4 is 4.72 Å². The number of rotatable bonds is 7. The van der Waals surface area contributed by atoms with Crippen LogP contribution in [0.1, 0.15) is 18.4 Å². The summed E-state index contributed by atoms with van der Waals surface area (Å²) in [5.41, 5.74) is 0.474. The van der Waals surface area contributed by atoms with Crippen LogP contribution in [0.5, 0.6) is 0 Å². The van der Waals surface area contributed by atoms with Crippen molar-refractivity contribution in [3.8, 4) is 0 Å². The SMILES string of the molecule is O=C(O)CCCS(=O)(=O)NCc1cc(F)ccc1Br. The van der Waals surface area contributed by atoms with Gasteiger partial charge in [0.1, 0.15) is 5.82 Å². The molecule has 0 spiro atoms. The molecule has 1 aromatic rings. The van der Waals surface area contributed by atoms with Crippen LogP contribution in [0.15, 0.2) is 22.7 Å². The summed E-state index contributed by atoms with van der Waals surface area (Å²) in [5, 5.41) is 8.42. The van der Waals surface area contributed by atoms with Gasteiger partial charge in [-0.05, 0) is 30.2 Å². The van der Waals surface area contributed by atoms with E-state index in [2.05, 4.69) is 20.7 Å². The van der Waals surface area contributed by atoms with E-state index in [0.29, 0.717) is 10.0 Å². The summed E-state index contributed by atoms with van der Waals surface area (Å²) in [4.78, 5) is 10.3. The maximum Gasteiger partial charge on any atom is 0.303 e. The minimum atomic E-state index is -3.56. The van der Waals surface area contributed by atoms with Crippen LogP contribution in [0.3, 0.4) is 0 Å². The molecular formula is C11H13BrFNO4S. The van der Waals surface area contributed by atoms with Gasteiger partial charge in [0.05, 0.1) is 5.75 Å². The van der Waals surface area contributed by atoms with E-state index < -0.39 is 21.8 Å². The fourth-order valence-electron chi connectivity index (χ4n) is 1.35. The number of hydrogen-bond donors (Lipinski definition) is 2. The fraction of sp³-hybridized carbons (Fsp3) is 0.364. The number of carboxylic acid groups (broad SMARTS) is 1. The van der Waals surface area contributed by atoms with Gasteiger partial charge in [0, 0.05) is 17.4 Å². The molecule has 0 heterocycles. The zero-order chi connectivity index (χ0) is 14.5. The molecule has 0 saturated heterocycles. The first-order valence-electron chi connectivity index (χ1n) is 5.43. The Morgan fingerprint density at radius 2 is 2.11 bits per heavy atom. The standard InChI is InChI=1S/C11H13BrFNO4S/c12-10-4-3-9(13)6-8(10)7-14-19(17,18)5-1-2-11(15)16/h3-4,6,14H,1-2,5,7H2,(H,15,16). The van der Waals surface area contributed by atoms with Crippen LogP contribution in [0, 0.1) is 5.82 Å². The number of carbonyl (C=O) groups is 1. The molecule has 1 rings (SSSR count). The first-order valence-corrected chi connectivity index (χ1v) is 7.88. The summed E-state index contributed by atoms with van der Waals surface area (Å²) in [6, 6.07) is 3.97. The Kier molecular flexibility index (Phi) is 5.89.